The van der Waals surface area contributed by atoms with Crippen LogP contribution in [0.15, 0.2) is 79.3 Å². The van der Waals surface area contributed by atoms with Gasteiger partial charge in [-0.1, -0.05) is 49.4 Å². The molecule has 7 heteroatoms. The number of ketones is 1. The Kier molecular flexibility index (Phi) is 7.19. The van der Waals surface area contributed by atoms with Gasteiger partial charge in [-0.3, -0.25) is 9.48 Å². The van der Waals surface area contributed by atoms with Crippen LogP contribution >= 0.6 is 0 Å². The van der Waals surface area contributed by atoms with Gasteiger partial charge in [-0.15, -0.1) is 0 Å². The Balaban J connectivity index is 1.36. The van der Waals surface area contributed by atoms with Gasteiger partial charge in [0, 0.05) is 36.8 Å². The number of anilines is 2. The second-order valence-corrected chi connectivity index (χ2v) is 10.9. The van der Waals surface area contributed by atoms with Gasteiger partial charge in [0.15, 0.2) is 5.78 Å². The number of benzene rings is 3. The van der Waals surface area contributed by atoms with E-state index in [4.69, 9.17) is 0 Å². The minimum Gasteiger partial charge on any atom is -0.321 e. The summed E-state index contributed by atoms with van der Waals surface area (Å²) in [6.45, 7) is 7.91. The molecule has 0 bridgehead atoms. The van der Waals surface area contributed by atoms with Crippen LogP contribution in [0.25, 0.3) is 22.0 Å². The first-order valence-corrected chi connectivity index (χ1v) is 13.3. The fourth-order valence-corrected chi connectivity index (χ4v) is 4.79. The summed E-state index contributed by atoms with van der Waals surface area (Å²) in [5.74, 6) is 0.625. The molecule has 0 saturated heterocycles. The predicted molar refractivity (Wildman–Crippen MR) is 159 cm³/mol. The first kappa shape index (κ1) is 26.8. The number of Topliss-reactive ketones (excluding diaryl/α,β-unsaturated/α-hetero) is 1. The van der Waals surface area contributed by atoms with E-state index >= 15 is 0 Å². The number of hydrogen-bond acceptors (Lipinski definition) is 6. The molecule has 5 aromatic rings. The molecule has 0 aliphatic rings. The zero-order chi connectivity index (χ0) is 28.4. The van der Waals surface area contributed by atoms with Crippen molar-refractivity contribution in [2.75, 3.05) is 5.32 Å². The van der Waals surface area contributed by atoms with Crippen LogP contribution in [-0.4, -0.2) is 25.5 Å². The standard InChI is InChI=1S/C33H32N6O/c1-21-9-10-23(22(2)13-31(40)25-7-6-8-27(15-25)33(3,4)20-34)16-29(21)24-11-12-30-26(14-24)17-35-32(38-30)37-28-18-36-39(5)19-28/h6-12,14-19,22H,13H2,1-5H3,(H,35,37,38). The zero-order valence-corrected chi connectivity index (χ0v) is 23.4. The fraction of sp³-hybridized carbons (Fsp3) is 0.242. The Hall–Kier alpha value is -4.83. The number of carbonyl (C=O) groups is 1. The quantitative estimate of drug-likeness (QED) is 0.213. The molecule has 0 amide bonds. The highest BCUT2D eigenvalue weighted by atomic mass is 16.1. The second-order valence-electron chi connectivity index (χ2n) is 10.9. The van der Waals surface area contributed by atoms with E-state index in [1.807, 2.05) is 63.6 Å². The smallest absolute Gasteiger partial charge is 0.227 e. The number of rotatable bonds is 8. The number of nitriles is 1. The van der Waals surface area contributed by atoms with Crippen molar-refractivity contribution in [1.82, 2.24) is 19.7 Å². The predicted octanol–water partition coefficient (Wildman–Crippen LogP) is 7.26. The summed E-state index contributed by atoms with van der Waals surface area (Å²) < 4.78 is 1.72. The van der Waals surface area contributed by atoms with Crippen molar-refractivity contribution in [1.29, 1.82) is 5.26 Å². The van der Waals surface area contributed by atoms with E-state index in [2.05, 4.69) is 70.6 Å². The van der Waals surface area contributed by atoms with Crippen molar-refractivity contribution < 1.29 is 4.79 Å². The molecule has 200 valence electrons. The number of fused-ring (bicyclic) bond motifs is 1. The lowest BCUT2D eigenvalue weighted by molar-refractivity contribution is 0.0975. The topological polar surface area (TPSA) is 96.5 Å². The molecule has 1 unspecified atom stereocenters. The maximum Gasteiger partial charge on any atom is 0.227 e. The first-order chi connectivity index (χ1) is 19.1. The van der Waals surface area contributed by atoms with E-state index < -0.39 is 5.41 Å². The second kappa shape index (κ2) is 10.7. The van der Waals surface area contributed by atoms with Crippen LogP contribution in [-0.2, 0) is 12.5 Å². The number of aryl methyl sites for hydroxylation is 2. The molecule has 1 atom stereocenters. The van der Waals surface area contributed by atoms with Crippen molar-refractivity contribution in [3.8, 4) is 17.2 Å². The van der Waals surface area contributed by atoms with Gasteiger partial charge >= 0.3 is 0 Å². The van der Waals surface area contributed by atoms with Crippen LogP contribution in [0.2, 0.25) is 0 Å². The largest absolute Gasteiger partial charge is 0.321 e. The molecule has 0 aliphatic heterocycles. The van der Waals surface area contributed by atoms with Crippen LogP contribution in [0.5, 0.6) is 0 Å². The van der Waals surface area contributed by atoms with Gasteiger partial charge in [0.1, 0.15) is 0 Å². The number of nitrogens with one attached hydrogen (secondary N) is 1. The Bertz CT molecular complexity index is 1760. The number of hydrogen-bond donors (Lipinski definition) is 1. The zero-order valence-electron chi connectivity index (χ0n) is 23.4. The molecular weight excluding hydrogens is 496 g/mol. The summed E-state index contributed by atoms with van der Waals surface area (Å²) in [5, 5.41) is 17.8. The average molecular weight is 529 g/mol. The summed E-state index contributed by atoms with van der Waals surface area (Å²) in [6, 6.07) is 22.4. The summed E-state index contributed by atoms with van der Waals surface area (Å²) in [4.78, 5) is 22.3. The van der Waals surface area contributed by atoms with Crippen LogP contribution in [0, 0.1) is 18.3 Å². The SMILES string of the molecule is Cc1ccc(C(C)CC(=O)c2cccc(C(C)(C)C#N)c2)cc1-c1ccc2nc(Nc3cnn(C)c3)ncc2c1. The van der Waals surface area contributed by atoms with E-state index in [-0.39, 0.29) is 11.7 Å². The molecule has 0 radical (unpaired) electrons. The van der Waals surface area contributed by atoms with Gasteiger partial charge < -0.3 is 5.32 Å². The third kappa shape index (κ3) is 5.62. The highest BCUT2D eigenvalue weighted by molar-refractivity contribution is 5.96. The summed E-state index contributed by atoms with van der Waals surface area (Å²) in [6.07, 6.45) is 5.81. The maximum atomic E-state index is 13.2. The molecule has 0 spiro atoms. The monoisotopic (exact) mass is 528 g/mol. The van der Waals surface area contributed by atoms with Crippen LogP contribution < -0.4 is 5.32 Å². The lowest BCUT2D eigenvalue weighted by atomic mass is 9.84. The Morgan fingerprint density at radius 2 is 1.93 bits per heavy atom. The number of nitrogens with zero attached hydrogens (tertiary/aromatic N) is 5. The van der Waals surface area contributed by atoms with E-state index in [0.29, 0.717) is 17.9 Å². The normalized spacial score (nSPS) is 12.2. The molecule has 5 rings (SSSR count). The van der Waals surface area contributed by atoms with Crippen molar-refractivity contribution in [2.24, 2.45) is 7.05 Å². The molecule has 0 fully saturated rings. The summed E-state index contributed by atoms with van der Waals surface area (Å²) in [5.41, 5.74) is 6.99. The van der Waals surface area contributed by atoms with Gasteiger partial charge in [-0.05, 0) is 72.7 Å². The molecule has 0 aliphatic carbocycles. The average Bonchev–Trinajstić information content (AvgIpc) is 3.37. The first-order valence-electron chi connectivity index (χ1n) is 13.3. The summed E-state index contributed by atoms with van der Waals surface area (Å²) >= 11 is 0. The lowest BCUT2D eigenvalue weighted by Gasteiger charge is -2.18. The van der Waals surface area contributed by atoms with Gasteiger partial charge in [0.25, 0.3) is 0 Å². The molecule has 2 heterocycles. The van der Waals surface area contributed by atoms with Gasteiger partial charge in [-0.25, -0.2) is 9.97 Å². The Labute approximate surface area is 234 Å². The third-order valence-corrected chi connectivity index (χ3v) is 7.36. The Morgan fingerprint density at radius 3 is 2.67 bits per heavy atom. The highest BCUT2D eigenvalue weighted by Crippen LogP contribution is 2.32. The molecule has 2 aromatic heterocycles. The van der Waals surface area contributed by atoms with E-state index in [1.54, 1.807) is 10.9 Å². The van der Waals surface area contributed by atoms with E-state index in [0.717, 1.165) is 44.4 Å². The highest BCUT2D eigenvalue weighted by Gasteiger charge is 2.22. The van der Waals surface area contributed by atoms with Gasteiger partial charge in [-0.2, -0.15) is 10.4 Å². The van der Waals surface area contributed by atoms with Gasteiger partial charge in [0.05, 0.1) is 28.9 Å². The van der Waals surface area contributed by atoms with Gasteiger partial charge in [0.2, 0.25) is 5.95 Å². The summed E-state index contributed by atoms with van der Waals surface area (Å²) in [7, 11) is 1.86. The fourth-order valence-electron chi connectivity index (χ4n) is 4.79. The molecular formula is C33H32N6O. The van der Waals surface area contributed by atoms with Crippen LogP contribution in [0.3, 0.4) is 0 Å². The van der Waals surface area contributed by atoms with Crippen molar-refractivity contribution in [2.45, 2.75) is 45.4 Å². The molecule has 3 aromatic carbocycles. The Morgan fingerprint density at radius 1 is 1.10 bits per heavy atom. The van der Waals surface area contributed by atoms with Crippen molar-refractivity contribution in [3.05, 3.63) is 102 Å². The van der Waals surface area contributed by atoms with Crippen molar-refractivity contribution >= 4 is 28.3 Å². The lowest BCUT2D eigenvalue weighted by Crippen LogP contribution is -2.15. The maximum absolute atomic E-state index is 13.2. The molecule has 7 nitrogen and oxygen atoms in total. The van der Waals surface area contributed by atoms with E-state index in [1.165, 1.54) is 0 Å². The molecule has 0 saturated carbocycles. The molecule has 1 N–H and O–H groups in total. The van der Waals surface area contributed by atoms with E-state index in [9.17, 15) is 10.1 Å². The van der Waals surface area contributed by atoms with Crippen LogP contribution in [0.4, 0.5) is 11.6 Å². The number of aromatic nitrogens is 4. The molecule has 40 heavy (non-hydrogen) atoms. The number of carbonyl (C=O) groups excluding carboxylic acids is 1. The minimum atomic E-state index is -0.643. The van der Waals surface area contributed by atoms with Crippen molar-refractivity contribution in [3.63, 3.8) is 0 Å². The third-order valence-electron chi connectivity index (χ3n) is 7.36. The minimum absolute atomic E-state index is 0.0318. The van der Waals surface area contributed by atoms with Crippen LogP contribution in [0.1, 0.15) is 60.2 Å².